The zero-order chi connectivity index (χ0) is 10.6. The van der Waals surface area contributed by atoms with Crippen LogP contribution in [0.15, 0.2) is 9.98 Å². The zero-order valence-corrected chi connectivity index (χ0v) is 10.7. The van der Waals surface area contributed by atoms with E-state index in [2.05, 4.69) is 40.5 Å². The van der Waals surface area contributed by atoms with E-state index in [1.165, 1.54) is 0 Å². The first kappa shape index (κ1) is 17.0. The summed E-state index contributed by atoms with van der Waals surface area (Å²) in [5, 5.41) is 6.69. The molecule has 0 atom stereocenters. The van der Waals surface area contributed by atoms with Crippen molar-refractivity contribution in [2.75, 3.05) is 26.2 Å². The van der Waals surface area contributed by atoms with Gasteiger partial charge in [-0.1, -0.05) is 13.8 Å². The van der Waals surface area contributed by atoms with Crippen LogP contribution in [0.1, 0.15) is 27.2 Å². The fourth-order valence-corrected chi connectivity index (χ4v) is 1.13. The maximum absolute atomic E-state index is 4.07. The Morgan fingerprint density at radius 3 is 2.13 bits per heavy atom. The molecule has 0 aromatic heterocycles. The molecule has 0 aliphatic carbocycles. The second kappa shape index (κ2) is 13.6. The van der Waals surface area contributed by atoms with Crippen LogP contribution in [0.2, 0.25) is 0 Å². The lowest BCUT2D eigenvalue weighted by atomic mass is 10.3. The van der Waals surface area contributed by atoms with E-state index in [1.807, 2.05) is 6.92 Å². The minimum Gasteiger partial charge on any atom is -0.302 e. The summed E-state index contributed by atoms with van der Waals surface area (Å²) in [6.07, 6.45) is 1.34. The summed E-state index contributed by atoms with van der Waals surface area (Å²) in [7, 11) is 0. The highest BCUT2D eigenvalue weighted by molar-refractivity contribution is 5.85. The molecule has 2 N–H and O–H groups in total. The third kappa shape index (κ3) is 11.5. The van der Waals surface area contributed by atoms with Gasteiger partial charge in [-0.2, -0.15) is 0 Å². The number of nitrogens with zero attached hydrogens (tertiary/aromatic N) is 2. The van der Waals surface area contributed by atoms with E-state index >= 15 is 0 Å². The van der Waals surface area contributed by atoms with Gasteiger partial charge in [0.2, 0.25) is 0 Å². The Labute approximate surface area is 99.1 Å². The van der Waals surface area contributed by atoms with Gasteiger partial charge in [0.1, 0.15) is 0 Å². The summed E-state index contributed by atoms with van der Waals surface area (Å²) in [5.74, 6) is 0. The summed E-state index contributed by atoms with van der Waals surface area (Å²) in [4.78, 5) is 7.97. The van der Waals surface area contributed by atoms with Crippen LogP contribution < -0.4 is 10.6 Å². The predicted molar refractivity (Wildman–Crippen MR) is 68.3 cm³/mol. The van der Waals surface area contributed by atoms with Gasteiger partial charge in [-0.25, -0.2) is 9.98 Å². The molecule has 0 aliphatic rings. The summed E-state index contributed by atoms with van der Waals surface area (Å²) in [6.45, 7) is 9.66. The summed E-state index contributed by atoms with van der Waals surface area (Å²) < 4.78 is 0. The molecule has 0 saturated heterocycles. The van der Waals surface area contributed by atoms with E-state index in [0.29, 0.717) is 6.17 Å². The van der Waals surface area contributed by atoms with Crippen LogP contribution in [0.5, 0.6) is 0 Å². The molecule has 4 nitrogen and oxygen atoms in total. The van der Waals surface area contributed by atoms with Crippen LogP contribution in [0.4, 0.5) is 0 Å². The van der Waals surface area contributed by atoms with E-state index in [0.717, 1.165) is 32.6 Å². The van der Waals surface area contributed by atoms with Crippen molar-refractivity contribution in [2.45, 2.75) is 33.4 Å². The molecule has 0 aromatic rings. The summed E-state index contributed by atoms with van der Waals surface area (Å²) in [5.41, 5.74) is 0. The fourth-order valence-electron chi connectivity index (χ4n) is 1.13. The van der Waals surface area contributed by atoms with Gasteiger partial charge in [-0.15, -0.1) is 12.4 Å². The maximum atomic E-state index is 4.07. The lowest BCUT2D eigenvalue weighted by Crippen LogP contribution is -2.42. The molecule has 5 heteroatoms. The van der Waals surface area contributed by atoms with E-state index in [1.54, 1.807) is 0 Å². The molecular weight excluding hydrogens is 212 g/mol. The number of hydrogen-bond donors (Lipinski definition) is 2. The van der Waals surface area contributed by atoms with E-state index in [4.69, 9.17) is 0 Å². The molecule has 0 rings (SSSR count). The highest BCUT2D eigenvalue weighted by Crippen LogP contribution is 1.87. The molecular formula is C10H23ClN4. The lowest BCUT2D eigenvalue weighted by molar-refractivity contribution is 0.424. The largest absolute Gasteiger partial charge is 0.302 e. The second-order valence-corrected chi connectivity index (χ2v) is 2.91. The first-order valence-corrected chi connectivity index (χ1v) is 5.39. The van der Waals surface area contributed by atoms with Crippen LogP contribution in [0, 0.1) is 0 Å². The van der Waals surface area contributed by atoms with Gasteiger partial charge in [-0.3, -0.25) is 0 Å². The van der Waals surface area contributed by atoms with Crippen molar-refractivity contribution in [3.8, 4) is 0 Å². The molecule has 0 aromatic carbocycles. The number of halogens is 1. The Hall–Kier alpha value is -0.410. The molecule has 0 bridgehead atoms. The third-order valence-corrected chi connectivity index (χ3v) is 1.73. The minimum absolute atomic E-state index is 0. The summed E-state index contributed by atoms with van der Waals surface area (Å²) in [6, 6.07) is 2.67. The highest BCUT2D eigenvalue weighted by atomic mass is 35.5. The van der Waals surface area contributed by atoms with Crippen molar-refractivity contribution in [3.63, 3.8) is 0 Å². The van der Waals surface area contributed by atoms with Gasteiger partial charge in [0.25, 0.3) is 0 Å². The maximum Gasteiger partial charge on any atom is 0.0892 e. The van der Waals surface area contributed by atoms with Crippen molar-refractivity contribution in [1.29, 1.82) is 0 Å². The van der Waals surface area contributed by atoms with Crippen molar-refractivity contribution in [3.05, 3.63) is 0 Å². The Morgan fingerprint density at radius 1 is 1.07 bits per heavy atom. The monoisotopic (exact) mass is 234 g/mol. The number of rotatable bonds is 8. The number of nitrogens with one attached hydrogen (secondary N) is 2. The number of hydrogen-bond acceptors (Lipinski definition) is 4. The molecule has 0 amide bonds. The molecule has 0 heterocycles. The van der Waals surface area contributed by atoms with Gasteiger partial charge >= 0.3 is 0 Å². The van der Waals surface area contributed by atoms with E-state index in [9.17, 15) is 0 Å². The average molecular weight is 235 g/mol. The van der Waals surface area contributed by atoms with Crippen molar-refractivity contribution in [2.24, 2.45) is 9.98 Å². The van der Waals surface area contributed by atoms with E-state index in [-0.39, 0.29) is 12.4 Å². The molecule has 0 saturated carbocycles. The molecule has 90 valence electrons. The van der Waals surface area contributed by atoms with Gasteiger partial charge in [0.15, 0.2) is 0 Å². The van der Waals surface area contributed by atoms with Crippen LogP contribution in [-0.2, 0) is 0 Å². The molecule has 15 heavy (non-hydrogen) atoms. The topological polar surface area (TPSA) is 48.8 Å². The predicted octanol–water partition coefficient (Wildman–Crippen LogP) is 1.54. The first-order chi connectivity index (χ1) is 6.85. The minimum atomic E-state index is 0. The average Bonchev–Trinajstić information content (AvgIpc) is 2.18. The van der Waals surface area contributed by atoms with Crippen LogP contribution >= 0.6 is 12.4 Å². The van der Waals surface area contributed by atoms with E-state index < -0.39 is 0 Å². The zero-order valence-electron chi connectivity index (χ0n) is 9.92. The third-order valence-electron chi connectivity index (χ3n) is 1.73. The molecule has 0 aliphatic heterocycles. The molecule has 0 unspecified atom stereocenters. The van der Waals surface area contributed by atoms with Crippen molar-refractivity contribution >= 4 is 18.4 Å². The Morgan fingerprint density at radius 2 is 1.67 bits per heavy atom. The normalized spacial score (nSPS) is 9.33. The Bertz CT molecular complexity index is 172. The van der Waals surface area contributed by atoms with Gasteiger partial charge in [0, 0.05) is 6.54 Å². The smallest absolute Gasteiger partial charge is 0.0892 e. The Balaban J connectivity index is 0. The van der Waals surface area contributed by atoms with Crippen molar-refractivity contribution in [1.82, 2.24) is 10.6 Å². The van der Waals surface area contributed by atoms with Crippen LogP contribution in [-0.4, -0.2) is 38.4 Å². The van der Waals surface area contributed by atoms with Gasteiger partial charge < -0.3 is 10.6 Å². The second-order valence-electron chi connectivity index (χ2n) is 2.91. The number of aliphatic imine (C=N–C) groups is 2. The lowest BCUT2D eigenvalue weighted by Gasteiger charge is -2.16. The standard InChI is InChI=1S/C10H22N4.ClH/c1-4-11-9-12-8-7-10(13-5-2)14-6-3;/h10,13-14H,4-8H2,1-3H3;1H. The van der Waals surface area contributed by atoms with Gasteiger partial charge in [0.05, 0.1) is 18.7 Å². The van der Waals surface area contributed by atoms with Crippen molar-refractivity contribution < 1.29 is 0 Å². The molecule has 0 radical (unpaired) electrons. The Kier molecular flexibility index (Phi) is 15.4. The quantitative estimate of drug-likeness (QED) is 0.495. The van der Waals surface area contributed by atoms with Gasteiger partial charge in [-0.05, 0) is 26.4 Å². The summed E-state index contributed by atoms with van der Waals surface area (Å²) >= 11 is 0. The van der Waals surface area contributed by atoms with Crippen LogP contribution in [0.3, 0.4) is 0 Å². The van der Waals surface area contributed by atoms with Crippen LogP contribution in [0.25, 0.3) is 0 Å². The SMILES string of the molecule is CCN=C=NCCC(NCC)NCC.Cl. The first-order valence-electron chi connectivity index (χ1n) is 5.39. The fraction of sp³-hybridized carbons (Fsp3) is 0.900. The molecule has 0 fully saturated rings. The highest BCUT2D eigenvalue weighted by Gasteiger charge is 2.02. The molecule has 0 spiro atoms.